The van der Waals surface area contributed by atoms with Crippen molar-refractivity contribution >= 4 is 12.3 Å². The van der Waals surface area contributed by atoms with Crippen molar-refractivity contribution in [2.45, 2.75) is 65.2 Å². The number of rotatable bonds is 11. The lowest BCUT2D eigenvalue weighted by Crippen LogP contribution is -1.85. The molecule has 0 radical (unpaired) electrons. The van der Waals surface area contributed by atoms with Gasteiger partial charge in [0.05, 0.1) is 0 Å². The highest BCUT2D eigenvalue weighted by molar-refractivity contribution is 5.79. The van der Waals surface area contributed by atoms with Crippen LogP contribution in [0.5, 0.6) is 0 Å². The Morgan fingerprint density at radius 2 is 1.62 bits per heavy atom. The molecule has 0 amide bonds. The molecule has 21 heavy (non-hydrogen) atoms. The van der Waals surface area contributed by atoms with Gasteiger partial charge >= 0.3 is 5.97 Å². The first-order valence-electron chi connectivity index (χ1n) is 7.83. The molecule has 3 heteroatoms. The Hall–Kier alpha value is -1.64. The molecule has 0 unspecified atom stereocenters. The van der Waals surface area contributed by atoms with Gasteiger partial charge in [-0.15, -0.1) is 0 Å². The van der Waals surface area contributed by atoms with E-state index in [9.17, 15) is 9.59 Å². The Balaban J connectivity index is 0. The van der Waals surface area contributed by atoms with Crippen LogP contribution in [0.25, 0.3) is 0 Å². The van der Waals surface area contributed by atoms with E-state index in [4.69, 9.17) is 5.11 Å². The maximum Gasteiger partial charge on any atom is 0.327 e. The van der Waals surface area contributed by atoms with Crippen molar-refractivity contribution < 1.29 is 14.7 Å². The Morgan fingerprint density at radius 3 is 2.19 bits per heavy atom. The van der Waals surface area contributed by atoms with Crippen LogP contribution in [-0.4, -0.2) is 17.4 Å². The molecular weight excluding hydrogens is 264 g/mol. The van der Waals surface area contributed by atoms with Crippen LogP contribution in [0.3, 0.4) is 0 Å². The molecule has 0 fully saturated rings. The van der Waals surface area contributed by atoms with E-state index in [0.717, 1.165) is 38.4 Å². The number of aldehydes is 1. The molecular formula is C18H30O3. The molecule has 0 rings (SSSR count). The Bertz CT molecular complexity index is 314. The van der Waals surface area contributed by atoms with Gasteiger partial charge in [0.15, 0.2) is 0 Å². The van der Waals surface area contributed by atoms with Crippen molar-refractivity contribution in [2.24, 2.45) is 0 Å². The van der Waals surface area contributed by atoms with Gasteiger partial charge in [-0.1, -0.05) is 57.4 Å². The van der Waals surface area contributed by atoms with Gasteiger partial charge in [-0.3, -0.25) is 4.79 Å². The molecule has 0 aliphatic heterocycles. The number of hydrogen-bond acceptors (Lipinski definition) is 2. The molecule has 0 atom stereocenters. The second kappa shape index (κ2) is 20.7. The minimum absolute atomic E-state index is 0.809. The van der Waals surface area contributed by atoms with Gasteiger partial charge in [-0.2, -0.15) is 0 Å². The molecule has 0 aliphatic carbocycles. The highest BCUT2D eigenvalue weighted by Crippen LogP contribution is 2.02. The van der Waals surface area contributed by atoms with Crippen molar-refractivity contribution in [1.82, 2.24) is 0 Å². The van der Waals surface area contributed by atoms with Crippen LogP contribution >= 0.6 is 0 Å². The van der Waals surface area contributed by atoms with Crippen LogP contribution in [0.1, 0.15) is 65.2 Å². The molecule has 0 saturated heterocycles. The molecule has 120 valence electrons. The van der Waals surface area contributed by atoms with Crippen LogP contribution in [0, 0.1) is 0 Å². The van der Waals surface area contributed by atoms with Crippen molar-refractivity contribution in [3.63, 3.8) is 0 Å². The molecule has 3 nitrogen and oxygen atoms in total. The van der Waals surface area contributed by atoms with Crippen molar-refractivity contribution in [2.75, 3.05) is 0 Å². The normalized spacial score (nSPS) is 11.0. The summed E-state index contributed by atoms with van der Waals surface area (Å²) in [4.78, 5) is 19.8. The zero-order valence-electron chi connectivity index (χ0n) is 13.5. The summed E-state index contributed by atoms with van der Waals surface area (Å²) in [7, 11) is 0. The standard InChI is InChI=1S/C9H16O2.C9H14O/c1-2-3-4-5-6-7-8-9(10)11;1-2-3-4-5-6-7-8-9-10/h7-8H,2-6H2,1H3,(H,10,11);3-4,7-9H,2,5-6H2,1H3/b8-7+;. The SMILES string of the molecule is CCC=CCCC=CC=O.CCCCCC/C=C/C(=O)O. The average molecular weight is 294 g/mol. The van der Waals surface area contributed by atoms with Gasteiger partial charge < -0.3 is 5.11 Å². The van der Waals surface area contributed by atoms with Crippen LogP contribution < -0.4 is 0 Å². The Morgan fingerprint density at radius 1 is 0.905 bits per heavy atom. The van der Waals surface area contributed by atoms with E-state index in [-0.39, 0.29) is 0 Å². The monoisotopic (exact) mass is 294 g/mol. The van der Waals surface area contributed by atoms with Crippen LogP contribution in [0.4, 0.5) is 0 Å². The molecule has 0 bridgehead atoms. The second-order valence-electron chi connectivity index (χ2n) is 4.61. The van der Waals surface area contributed by atoms with Crippen molar-refractivity contribution in [1.29, 1.82) is 0 Å². The Kier molecular flexibility index (Phi) is 21.3. The lowest BCUT2D eigenvalue weighted by Gasteiger charge is -1.92. The minimum atomic E-state index is -0.847. The number of aliphatic carboxylic acids is 1. The average Bonchev–Trinajstić information content (AvgIpc) is 2.47. The fourth-order valence-corrected chi connectivity index (χ4v) is 1.50. The third kappa shape index (κ3) is 27.5. The summed E-state index contributed by atoms with van der Waals surface area (Å²) in [6, 6.07) is 0. The van der Waals surface area contributed by atoms with Crippen LogP contribution in [0.2, 0.25) is 0 Å². The maximum atomic E-state index is 10.0. The molecule has 0 aliphatic rings. The first-order valence-corrected chi connectivity index (χ1v) is 7.83. The zero-order chi connectivity index (χ0) is 16.2. The molecule has 0 saturated carbocycles. The van der Waals surface area contributed by atoms with E-state index in [1.807, 2.05) is 6.08 Å². The van der Waals surface area contributed by atoms with Crippen molar-refractivity contribution in [3.05, 3.63) is 36.5 Å². The summed E-state index contributed by atoms with van der Waals surface area (Å²) >= 11 is 0. The minimum Gasteiger partial charge on any atom is -0.478 e. The molecule has 0 aromatic carbocycles. The Labute approximate surface area is 129 Å². The number of allylic oxidation sites excluding steroid dienone is 5. The number of unbranched alkanes of at least 4 members (excludes halogenated alkanes) is 5. The second-order valence-corrected chi connectivity index (χ2v) is 4.61. The number of carboxylic acid groups (broad SMARTS) is 1. The number of hydrogen-bond donors (Lipinski definition) is 1. The highest BCUT2D eigenvalue weighted by atomic mass is 16.4. The summed E-state index contributed by atoms with van der Waals surface area (Å²) in [5.41, 5.74) is 0. The predicted octanol–water partition coefficient (Wildman–Crippen LogP) is 5.09. The summed E-state index contributed by atoms with van der Waals surface area (Å²) in [5, 5.41) is 8.23. The van der Waals surface area contributed by atoms with E-state index < -0.39 is 5.97 Å². The molecule has 0 spiro atoms. The van der Waals surface area contributed by atoms with Gasteiger partial charge in [0.1, 0.15) is 6.29 Å². The van der Waals surface area contributed by atoms with E-state index in [0.29, 0.717) is 0 Å². The number of carboxylic acids is 1. The number of carbonyl (C=O) groups excluding carboxylic acids is 1. The molecule has 0 aromatic rings. The topological polar surface area (TPSA) is 54.4 Å². The van der Waals surface area contributed by atoms with Gasteiger partial charge in [0.25, 0.3) is 0 Å². The van der Waals surface area contributed by atoms with Crippen LogP contribution in [-0.2, 0) is 9.59 Å². The summed E-state index contributed by atoms with van der Waals surface area (Å²) in [5.74, 6) is -0.847. The predicted molar refractivity (Wildman–Crippen MR) is 89.4 cm³/mol. The zero-order valence-corrected chi connectivity index (χ0v) is 13.5. The molecule has 0 aromatic heterocycles. The van der Waals surface area contributed by atoms with E-state index in [1.165, 1.54) is 25.3 Å². The number of carbonyl (C=O) groups is 2. The van der Waals surface area contributed by atoms with E-state index >= 15 is 0 Å². The molecule has 0 heterocycles. The van der Waals surface area contributed by atoms with Crippen LogP contribution in [0.15, 0.2) is 36.5 Å². The third-order valence-corrected chi connectivity index (χ3v) is 2.60. The smallest absolute Gasteiger partial charge is 0.327 e. The van der Waals surface area contributed by atoms with Crippen molar-refractivity contribution in [3.8, 4) is 0 Å². The summed E-state index contributed by atoms with van der Waals surface area (Å²) in [6.45, 7) is 4.27. The van der Waals surface area contributed by atoms with E-state index in [2.05, 4.69) is 26.0 Å². The molecule has 1 N–H and O–H groups in total. The quantitative estimate of drug-likeness (QED) is 0.250. The maximum absolute atomic E-state index is 10.0. The first kappa shape index (κ1) is 21.7. The fraction of sp³-hybridized carbons (Fsp3) is 0.556. The van der Waals surface area contributed by atoms with Gasteiger partial charge in [0, 0.05) is 6.08 Å². The van der Waals surface area contributed by atoms with E-state index in [1.54, 1.807) is 12.2 Å². The van der Waals surface area contributed by atoms with Gasteiger partial charge in [0.2, 0.25) is 0 Å². The summed E-state index contributed by atoms with van der Waals surface area (Å²) in [6.07, 6.45) is 20.2. The summed E-state index contributed by atoms with van der Waals surface area (Å²) < 4.78 is 0. The van der Waals surface area contributed by atoms with Gasteiger partial charge in [-0.25, -0.2) is 4.79 Å². The lowest BCUT2D eigenvalue weighted by molar-refractivity contribution is -0.131. The fourth-order valence-electron chi connectivity index (χ4n) is 1.50. The first-order chi connectivity index (χ1) is 10.2. The van der Waals surface area contributed by atoms with Gasteiger partial charge in [-0.05, 0) is 38.2 Å². The highest BCUT2D eigenvalue weighted by Gasteiger charge is 1.86. The largest absolute Gasteiger partial charge is 0.478 e. The third-order valence-electron chi connectivity index (χ3n) is 2.60. The lowest BCUT2D eigenvalue weighted by atomic mass is 10.1.